The number of hydrogen-bond donors (Lipinski definition) is 3. The molecule has 0 fully saturated rings. The Bertz CT molecular complexity index is 1210. The Labute approximate surface area is 159 Å². The van der Waals surface area contributed by atoms with E-state index in [-0.39, 0.29) is 16.5 Å². The molecule has 2 aliphatic rings. The van der Waals surface area contributed by atoms with E-state index in [4.69, 9.17) is 5.73 Å². The zero-order valence-corrected chi connectivity index (χ0v) is 14.6. The number of hydrogen-bond acceptors (Lipinski definition) is 3. The molecule has 0 aromatic carbocycles. The minimum Gasteiger partial charge on any atom is -0.397 e. The fourth-order valence-corrected chi connectivity index (χ4v) is 3.04. The van der Waals surface area contributed by atoms with Crippen molar-refractivity contribution >= 4 is 52.1 Å². The quantitative estimate of drug-likeness (QED) is 0.350. The van der Waals surface area contributed by atoms with Gasteiger partial charge in [-0.15, -0.1) is 0 Å². The minimum atomic E-state index is 0. The number of nitrogen functional groups attached to an aromatic ring is 1. The molecule has 26 heavy (non-hydrogen) atoms. The summed E-state index contributed by atoms with van der Waals surface area (Å²) in [5.74, 6) is 0. The monoisotopic (exact) mass is 383 g/mol. The number of fused-ring (bicyclic) bond motifs is 8. The smallest absolute Gasteiger partial charge is 0.0659 e. The summed E-state index contributed by atoms with van der Waals surface area (Å²) in [5, 5.41) is 0. The Kier molecular flexibility index (Phi) is 3.98. The van der Waals surface area contributed by atoms with E-state index in [1.165, 1.54) is 0 Å². The fraction of sp³-hybridized carbons (Fsp3) is 0. The number of H-pyrrole nitrogens is 2. The number of aromatic amines is 2. The van der Waals surface area contributed by atoms with Gasteiger partial charge in [0.25, 0.3) is 0 Å². The SMILES string of the molecule is Nc1cc2cc3nc(cc4ccc(cc5nc(cc1[nH]2)C=C5)[nH]4)C=C3.[Ni]. The van der Waals surface area contributed by atoms with Crippen molar-refractivity contribution < 1.29 is 16.5 Å². The zero-order chi connectivity index (χ0) is 16.8. The topological polar surface area (TPSA) is 83.4 Å². The van der Waals surface area contributed by atoms with Crippen LogP contribution in [-0.4, -0.2) is 19.9 Å². The van der Waals surface area contributed by atoms with E-state index < -0.39 is 0 Å². The Morgan fingerprint density at radius 1 is 0.615 bits per heavy atom. The normalized spacial score (nSPS) is 12.2. The average Bonchev–Trinajstić information content (AvgIpc) is 3.33. The van der Waals surface area contributed by atoms with E-state index in [0.29, 0.717) is 5.69 Å². The summed E-state index contributed by atoms with van der Waals surface area (Å²) in [7, 11) is 0. The van der Waals surface area contributed by atoms with Crippen molar-refractivity contribution in [3.05, 3.63) is 65.2 Å². The van der Waals surface area contributed by atoms with Gasteiger partial charge in [-0.2, -0.15) is 0 Å². The molecule has 5 nitrogen and oxygen atoms in total. The molecular formula is C20H15N5Ni. The molecule has 3 aromatic heterocycles. The first kappa shape index (κ1) is 16.4. The molecule has 3 aromatic rings. The molecule has 0 saturated heterocycles. The summed E-state index contributed by atoms with van der Waals surface area (Å²) in [4.78, 5) is 15.9. The van der Waals surface area contributed by atoms with E-state index in [0.717, 1.165) is 44.8 Å². The van der Waals surface area contributed by atoms with Gasteiger partial charge >= 0.3 is 0 Å². The van der Waals surface area contributed by atoms with Gasteiger partial charge in [0, 0.05) is 33.0 Å². The predicted molar refractivity (Wildman–Crippen MR) is 103 cm³/mol. The van der Waals surface area contributed by atoms with Crippen LogP contribution in [-0.2, 0) is 16.5 Å². The Morgan fingerprint density at radius 3 is 1.69 bits per heavy atom. The van der Waals surface area contributed by atoms with Crippen LogP contribution in [0.5, 0.6) is 0 Å². The van der Waals surface area contributed by atoms with E-state index in [1.54, 1.807) is 0 Å². The predicted octanol–water partition coefficient (Wildman–Crippen LogP) is 4.24. The van der Waals surface area contributed by atoms with Crippen LogP contribution in [0.3, 0.4) is 0 Å². The molecular weight excluding hydrogens is 369 g/mol. The molecule has 6 heteroatoms. The Balaban J connectivity index is 0.00000168. The second-order valence-electron chi connectivity index (χ2n) is 6.13. The minimum absolute atomic E-state index is 0. The van der Waals surface area contributed by atoms with Gasteiger partial charge in [-0.25, -0.2) is 9.97 Å². The molecule has 0 atom stereocenters. The van der Waals surface area contributed by atoms with Crippen LogP contribution in [0.1, 0.15) is 22.8 Å². The molecule has 8 bridgehead atoms. The molecule has 2 aliphatic heterocycles. The van der Waals surface area contributed by atoms with Crippen LogP contribution in [0.2, 0.25) is 0 Å². The average molecular weight is 384 g/mol. The fourth-order valence-electron chi connectivity index (χ4n) is 3.04. The Hall–Kier alpha value is -3.11. The van der Waals surface area contributed by atoms with Gasteiger partial charge in [0.15, 0.2) is 0 Å². The summed E-state index contributed by atoms with van der Waals surface area (Å²) in [5.41, 5.74) is 14.2. The number of nitrogens with one attached hydrogen (secondary N) is 2. The second-order valence-corrected chi connectivity index (χ2v) is 6.13. The van der Waals surface area contributed by atoms with Crippen molar-refractivity contribution in [2.24, 2.45) is 0 Å². The molecule has 0 aliphatic carbocycles. The second kappa shape index (κ2) is 6.32. The van der Waals surface area contributed by atoms with Crippen LogP contribution in [0.15, 0.2) is 42.5 Å². The van der Waals surface area contributed by atoms with Gasteiger partial charge in [0.2, 0.25) is 0 Å². The molecule has 0 radical (unpaired) electrons. The number of anilines is 1. The third-order valence-corrected chi connectivity index (χ3v) is 4.20. The van der Waals surface area contributed by atoms with Gasteiger partial charge in [0.05, 0.1) is 34.0 Å². The van der Waals surface area contributed by atoms with Gasteiger partial charge in [-0.1, -0.05) is 0 Å². The van der Waals surface area contributed by atoms with Crippen molar-refractivity contribution in [3.8, 4) is 0 Å². The maximum atomic E-state index is 6.13. The van der Waals surface area contributed by atoms with Crippen molar-refractivity contribution in [1.29, 1.82) is 0 Å². The van der Waals surface area contributed by atoms with Crippen LogP contribution in [0, 0.1) is 0 Å². The van der Waals surface area contributed by atoms with Gasteiger partial charge < -0.3 is 15.7 Å². The molecule has 4 N–H and O–H groups in total. The molecule has 0 spiro atoms. The number of nitrogens with zero attached hydrogens (tertiary/aromatic N) is 2. The summed E-state index contributed by atoms with van der Waals surface area (Å²) in [6.45, 7) is 0. The van der Waals surface area contributed by atoms with Crippen LogP contribution in [0.25, 0.3) is 46.4 Å². The van der Waals surface area contributed by atoms with Crippen LogP contribution >= 0.6 is 0 Å². The Morgan fingerprint density at radius 2 is 1.12 bits per heavy atom. The standard InChI is InChI=1S/C20H15N5.Ni/c21-19-10-18-9-16-4-3-14(23-16)7-12-1-2-13(22-12)8-15-5-6-17(24-15)11-20(19)25-18;/h1-11,22,25H,21H2;. The first-order valence-corrected chi connectivity index (χ1v) is 8.05. The van der Waals surface area contributed by atoms with Crippen molar-refractivity contribution in [3.63, 3.8) is 0 Å². The summed E-state index contributed by atoms with van der Waals surface area (Å²) in [6, 6.07) is 14.0. The molecule has 5 rings (SSSR count). The summed E-state index contributed by atoms with van der Waals surface area (Å²) < 4.78 is 0. The maximum absolute atomic E-state index is 6.13. The zero-order valence-electron chi connectivity index (χ0n) is 13.6. The van der Waals surface area contributed by atoms with Crippen molar-refractivity contribution in [1.82, 2.24) is 19.9 Å². The van der Waals surface area contributed by atoms with Crippen LogP contribution in [0.4, 0.5) is 5.69 Å². The number of nitrogens with two attached hydrogens (primary N) is 1. The molecule has 0 saturated carbocycles. The van der Waals surface area contributed by atoms with Gasteiger partial charge in [-0.3, -0.25) is 0 Å². The van der Waals surface area contributed by atoms with E-state index in [2.05, 4.69) is 19.9 Å². The molecule has 0 unspecified atom stereocenters. The summed E-state index contributed by atoms with van der Waals surface area (Å²) in [6.07, 6.45) is 7.96. The third kappa shape index (κ3) is 3.07. The van der Waals surface area contributed by atoms with Gasteiger partial charge in [-0.05, 0) is 66.8 Å². The van der Waals surface area contributed by atoms with Crippen molar-refractivity contribution in [2.45, 2.75) is 0 Å². The number of aromatic nitrogens is 4. The first-order chi connectivity index (χ1) is 12.2. The first-order valence-electron chi connectivity index (χ1n) is 8.05. The van der Waals surface area contributed by atoms with E-state index >= 15 is 0 Å². The molecule has 0 amide bonds. The number of rotatable bonds is 0. The van der Waals surface area contributed by atoms with Crippen molar-refractivity contribution in [2.75, 3.05) is 5.73 Å². The van der Waals surface area contributed by atoms with E-state index in [9.17, 15) is 0 Å². The molecule has 5 heterocycles. The van der Waals surface area contributed by atoms with E-state index in [1.807, 2.05) is 66.8 Å². The van der Waals surface area contributed by atoms with Crippen LogP contribution < -0.4 is 5.73 Å². The maximum Gasteiger partial charge on any atom is 0.0659 e. The molecule has 130 valence electrons. The summed E-state index contributed by atoms with van der Waals surface area (Å²) >= 11 is 0. The largest absolute Gasteiger partial charge is 0.397 e. The third-order valence-electron chi connectivity index (χ3n) is 4.20. The van der Waals surface area contributed by atoms with Gasteiger partial charge in [0.1, 0.15) is 0 Å².